The molecular formula is C42H46N2O4. The van der Waals surface area contributed by atoms with Crippen molar-refractivity contribution in [2.24, 2.45) is 11.3 Å². The smallest absolute Gasteiger partial charge is 0.341 e. The molecule has 1 aromatic heterocycles. The summed E-state index contributed by atoms with van der Waals surface area (Å²) >= 11 is 0. The molecule has 6 nitrogen and oxygen atoms in total. The lowest BCUT2D eigenvalue weighted by molar-refractivity contribution is -0.139. The fraction of sp³-hybridized carbons (Fsp3) is 0.381. The Morgan fingerprint density at radius 2 is 1.79 bits per heavy atom. The van der Waals surface area contributed by atoms with Crippen LogP contribution in [0, 0.1) is 11.3 Å². The molecule has 0 amide bonds. The summed E-state index contributed by atoms with van der Waals surface area (Å²) < 4.78 is 13.9. The quantitative estimate of drug-likeness (QED) is 0.173. The molecule has 7 rings (SSSR count). The minimum atomic E-state index is -1.02. The number of hydrogen-bond donors (Lipinski definition) is 1. The fourth-order valence-corrected chi connectivity index (χ4v) is 8.96. The molecule has 5 aromatic rings. The first-order valence-corrected chi connectivity index (χ1v) is 17.3. The van der Waals surface area contributed by atoms with Gasteiger partial charge in [0.1, 0.15) is 17.3 Å². The summed E-state index contributed by atoms with van der Waals surface area (Å²) in [5.41, 5.74) is 9.69. The third-order valence-electron chi connectivity index (χ3n) is 11.3. The summed E-state index contributed by atoms with van der Waals surface area (Å²) in [5.74, 6) is 1.96. The Balaban J connectivity index is 1.35. The minimum Gasteiger partial charge on any atom is -0.496 e. The lowest BCUT2D eigenvalue weighted by atomic mass is 9.49. The van der Waals surface area contributed by atoms with Gasteiger partial charge in [0.05, 0.1) is 23.7 Å². The van der Waals surface area contributed by atoms with Crippen LogP contribution in [0.3, 0.4) is 0 Å². The molecule has 0 aliphatic heterocycles. The second-order valence-electron chi connectivity index (χ2n) is 14.7. The summed E-state index contributed by atoms with van der Waals surface area (Å²) in [6, 6.07) is 29.7. The second-order valence-corrected chi connectivity index (χ2v) is 14.7. The molecule has 1 saturated carbocycles. The molecule has 0 unspecified atom stereocenters. The summed E-state index contributed by atoms with van der Waals surface area (Å²) in [4.78, 5) is 16.6. The van der Waals surface area contributed by atoms with Gasteiger partial charge in [-0.3, -0.25) is 0 Å². The molecule has 2 aliphatic carbocycles. The van der Waals surface area contributed by atoms with Crippen molar-refractivity contribution in [1.29, 1.82) is 0 Å². The van der Waals surface area contributed by atoms with E-state index in [-0.39, 0.29) is 10.8 Å². The first-order valence-electron chi connectivity index (χ1n) is 17.3. The maximum Gasteiger partial charge on any atom is 0.341 e. The number of carbonyl (C=O) groups is 1. The highest BCUT2D eigenvalue weighted by Crippen LogP contribution is 2.58. The molecule has 248 valence electrons. The average Bonchev–Trinajstić information content (AvgIpc) is 3.43. The van der Waals surface area contributed by atoms with Crippen LogP contribution in [0.5, 0.6) is 11.5 Å². The predicted octanol–water partition coefficient (Wildman–Crippen LogP) is 9.68. The van der Waals surface area contributed by atoms with Gasteiger partial charge in [-0.05, 0) is 106 Å². The van der Waals surface area contributed by atoms with E-state index < -0.39 is 12.6 Å². The van der Waals surface area contributed by atoms with Crippen LogP contribution in [0.2, 0.25) is 0 Å². The van der Waals surface area contributed by atoms with Crippen LogP contribution in [0.4, 0.5) is 0 Å². The molecule has 0 saturated heterocycles. The van der Waals surface area contributed by atoms with Crippen LogP contribution in [-0.4, -0.2) is 34.3 Å². The van der Waals surface area contributed by atoms with E-state index >= 15 is 0 Å². The maximum atomic E-state index is 11.3. The summed E-state index contributed by atoms with van der Waals surface area (Å²) in [6.07, 6.45) is 5.81. The maximum absolute atomic E-state index is 11.3. The highest BCUT2D eigenvalue weighted by Gasteiger charge is 2.52. The largest absolute Gasteiger partial charge is 0.496 e. The Morgan fingerprint density at radius 1 is 0.979 bits per heavy atom. The lowest BCUT2D eigenvalue weighted by Crippen LogP contribution is -2.50. The Bertz CT molecular complexity index is 1980. The van der Waals surface area contributed by atoms with Gasteiger partial charge in [0.15, 0.2) is 6.61 Å². The zero-order valence-corrected chi connectivity index (χ0v) is 28.8. The van der Waals surface area contributed by atoms with Crippen LogP contribution in [0.15, 0.2) is 84.9 Å². The Kier molecular flexibility index (Phi) is 8.31. The third-order valence-corrected chi connectivity index (χ3v) is 11.3. The summed E-state index contributed by atoms with van der Waals surface area (Å²) in [7, 11) is 1.66. The normalized spacial score (nSPS) is 21.9. The number of carboxylic acid groups (broad SMARTS) is 1. The van der Waals surface area contributed by atoms with E-state index in [2.05, 4.69) is 92.9 Å². The molecule has 6 heteroatoms. The van der Waals surface area contributed by atoms with Crippen molar-refractivity contribution in [3.8, 4) is 34.0 Å². The molecule has 0 bridgehead atoms. The van der Waals surface area contributed by atoms with Crippen molar-refractivity contribution in [3.63, 3.8) is 0 Å². The van der Waals surface area contributed by atoms with E-state index in [1.54, 1.807) is 18.7 Å². The Morgan fingerprint density at radius 3 is 2.54 bits per heavy atom. The number of ether oxygens (including phenoxy) is 2. The number of methoxy groups -OCH3 is 1. The minimum absolute atomic E-state index is 0.0204. The van der Waals surface area contributed by atoms with Crippen molar-refractivity contribution in [3.05, 3.63) is 102 Å². The zero-order chi connectivity index (χ0) is 33.6. The van der Waals surface area contributed by atoms with Gasteiger partial charge in [-0.25, -0.2) is 9.78 Å². The van der Waals surface area contributed by atoms with Gasteiger partial charge < -0.3 is 19.1 Å². The van der Waals surface area contributed by atoms with Crippen LogP contribution in [0.25, 0.3) is 33.5 Å². The van der Waals surface area contributed by atoms with E-state index in [1.807, 2.05) is 18.2 Å². The molecule has 1 N–H and O–H groups in total. The van der Waals surface area contributed by atoms with Crippen LogP contribution < -0.4 is 9.47 Å². The number of nitrogens with zero attached hydrogens (tertiary/aromatic N) is 2. The van der Waals surface area contributed by atoms with Crippen LogP contribution in [0.1, 0.15) is 76.0 Å². The number of imidazole rings is 1. The van der Waals surface area contributed by atoms with E-state index in [1.165, 1.54) is 30.4 Å². The molecule has 4 aromatic carbocycles. The second kappa shape index (κ2) is 12.5. The van der Waals surface area contributed by atoms with Gasteiger partial charge in [0.25, 0.3) is 0 Å². The van der Waals surface area contributed by atoms with E-state index in [0.29, 0.717) is 23.3 Å². The average molecular weight is 643 g/mol. The van der Waals surface area contributed by atoms with Crippen molar-refractivity contribution in [1.82, 2.24) is 9.55 Å². The predicted molar refractivity (Wildman–Crippen MR) is 192 cm³/mol. The first kappa shape index (κ1) is 32.0. The first-order chi connectivity index (χ1) is 23.1. The number of fused-ring (bicyclic) bond motifs is 4. The molecule has 0 radical (unpaired) electrons. The number of aromatic nitrogens is 2. The molecule has 48 heavy (non-hydrogen) atoms. The van der Waals surface area contributed by atoms with Gasteiger partial charge in [-0.2, -0.15) is 0 Å². The van der Waals surface area contributed by atoms with Crippen LogP contribution in [-0.2, 0) is 23.2 Å². The number of hydrogen-bond acceptors (Lipinski definition) is 4. The SMILES string of the molecule is COc1ccc(OCC(=O)O)cc1-c1nc2cc(-c3ccccc3)ccc2n1C[C@]1(C)CCC[C@]2(C)c3ccc(C(C)C)cc3CC[C@@H]12. The molecule has 1 heterocycles. The van der Waals surface area contributed by atoms with E-state index in [9.17, 15) is 9.90 Å². The number of rotatable bonds is 9. The number of aliphatic carboxylic acids is 1. The van der Waals surface area contributed by atoms with Crippen molar-refractivity contribution in [2.75, 3.05) is 13.7 Å². The summed E-state index contributed by atoms with van der Waals surface area (Å²) in [5, 5.41) is 9.28. The third kappa shape index (κ3) is 5.65. The number of carboxylic acids is 1. The highest BCUT2D eigenvalue weighted by atomic mass is 16.5. The molecule has 3 atom stereocenters. The molecular weight excluding hydrogens is 596 g/mol. The highest BCUT2D eigenvalue weighted by molar-refractivity contribution is 5.86. The Labute approximate surface area is 283 Å². The van der Waals surface area contributed by atoms with Crippen molar-refractivity contribution in [2.45, 2.75) is 77.7 Å². The monoisotopic (exact) mass is 642 g/mol. The fourth-order valence-electron chi connectivity index (χ4n) is 8.96. The van der Waals surface area contributed by atoms with Gasteiger partial charge in [-0.1, -0.05) is 88.7 Å². The molecule has 0 spiro atoms. The van der Waals surface area contributed by atoms with E-state index in [4.69, 9.17) is 14.5 Å². The standard InChI is InChI=1S/C42H46N2O4/c1-27(2)29-12-16-34-31(22-29)14-19-38-41(3,20-9-21-42(34,38)4)26-44-36-17-13-30(28-10-7-6-8-11-28)23-35(36)43-40(44)33-24-32(48-25-39(45)46)15-18-37(33)47-5/h6-8,10-13,15-18,22-24,27,38H,9,14,19-21,25-26H2,1-5H3,(H,45,46)/t38-,41-,42+/m0/s1. The number of aryl methyl sites for hydroxylation is 1. The van der Waals surface area contributed by atoms with Gasteiger partial charge in [-0.15, -0.1) is 0 Å². The van der Waals surface area contributed by atoms with Crippen LogP contribution >= 0.6 is 0 Å². The lowest BCUT2D eigenvalue weighted by Gasteiger charge is -2.56. The van der Waals surface area contributed by atoms with Gasteiger partial charge in [0.2, 0.25) is 0 Å². The Hall–Kier alpha value is -4.58. The van der Waals surface area contributed by atoms with Crippen molar-refractivity contribution < 1.29 is 19.4 Å². The van der Waals surface area contributed by atoms with Gasteiger partial charge >= 0.3 is 5.97 Å². The summed E-state index contributed by atoms with van der Waals surface area (Å²) in [6.45, 7) is 9.98. The number of benzene rings is 4. The van der Waals surface area contributed by atoms with Crippen molar-refractivity contribution >= 4 is 17.0 Å². The molecule has 2 aliphatic rings. The topological polar surface area (TPSA) is 73.6 Å². The van der Waals surface area contributed by atoms with E-state index in [0.717, 1.165) is 52.9 Å². The molecule has 1 fully saturated rings. The van der Waals surface area contributed by atoms with Gasteiger partial charge in [0, 0.05) is 6.54 Å². The zero-order valence-electron chi connectivity index (χ0n) is 28.8.